The van der Waals surface area contributed by atoms with E-state index >= 15 is 0 Å². The highest BCUT2D eigenvalue weighted by Crippen LogP contribution is 2.23. The molecule has 0 aromatic heterocycles. The van der Waals surface area contributed by atoms with Crippen LogP contribution in [-0.2, 0) is 4.79 Å². The molecule has 3 heteroatoms. The number of allylic oxidation sites excluding steroid dienone is 1. The molecule has 1 fully saturated rings. The van der Waals surface area contributed by atoms with Gasteiger partial charge in [0.2, 0.25) is 0 Å². The Bertz CT molecular complexity index is 213. The second-order valence-corrected chi connectivity index (χ2v) is 3.96. The number of rotatable bonds is 2. The average molecular weight is 198 g/mol. The molecule has 0 amide bonds. The van der Waals surface area contributed by atoms with Gasteiger partial charge < -0.3 is 10.2 Å². The Morgan fingerprint density at radius 3 is 2.00 bits per heavy atom. The lowest BCUT2D eigenvalue weighted by Gasteiger charge is -2.15. The molecular weight excluding hydrogens is 180 g/mol. The quantitative estimate of drug-likeness (QED) is 0.530. The van der Waals surface area contributed by atoms with Gasteiger partial charge in [0.15, 0.2) is 5.76 Å². The highest BCUT2D eigenvalue weighted by Gasteiger charge is 2.12. The molecular formula is C11H18O3. The van der Waals surface area contributed by atoms with Gasteiger partial charge in [-0.1, -0.05) is 32.1 Å². The van der Waals surface area contributed by atoms with Crippen LogP contribution < -0.4 is 0 Å². The van der Waals surface area contributed by atoms with Gasteiger partial charge >= 0.3 is 5.97 Å². The predicted molar refractivity (Wildman–Crippen MR) is 54.2 cm³/mol. The van der Waals surface area contributed by atoms with Gasteiger partial charge in [0.1, 0.15) is 0 Å². The van der Waals surface area contributed by atoms with Gasteiger partial charge in [0.05, 0.1) is 0 Å². The molecule has 3 nitrogen and oxygen atoms in total. The van der Waals surface area contributed by atoms with Gasteiger partial charge in [-0.05, 0) is 24.8 Å². The molecule has 14 heavy (non-hydrogen) atoms. The largest absolute Gasteiger partial charge is 0.502 e. The van der Waals surface area contributed by atoms with E-state index in [0.717, 1.165) is 25.7 Å². The molecule has 0 aliphatic heterocycles. The maximum absolute atomic E-state index is 10.4. The van der Waals surface area contributed by atoms with Crippen LogP contribution in [0.15, 0.2) is 11.8 Å². The van der Waals surface area contributed by atoms with Gasteiger partial charge in [-0.3, -0.25) is 0 Å². The molecule has 1 aliphatic carbocycles. The standard InChI is InChI=1S/C11H18O3/c12-10(11(13)14)8-9-6-4-2-1-3-5-7-9/h8-9,12H,1-7H2,(H,13,14). The first-order chi connectivity index (χ1) is 6.70. The summed E-state index contributed by atoms with van der Waals surface area (Å²) < 4.78 is 0. The molecule has 0 aromatic carbocycles. The second-order valence-electron chi connectivity index (χ2n) is 3.96. The van der Waals surface area contributed by atoms with Gasteiger partial charge in [-0.2, -0.15) is 0 Å². The molecule has 0 heterocycles. The Kier molecular flexibility index (Phi) is 4.50. The first-order valence-electron chi connectivity index (χ1n) is 5.34. The number of aliphatic hydroxyl groups excluding tert-OH is 1. The number of aliphatic hydroxyl groups is 1. The Balaban J connectivity index is 2.48. The van der Waals surface area contributed by atoms with Crippen LogP contribution in [0.1, 0.15) is 44.9 Å². The van der Waals surface area contributed by atoms with Crippen molar-refractivity contribution in [2.24, 2.45) is 5.92 Å². The predicted octanol–water partition coefficient (Wildman–Crippen LogP) is 2.87. The van der Waals surface area contributed by atoms with E-state index in [-0.39, 0.29) is 5.92 Å². The molecule has 0 saturated heterocycles. The monoisotopic (exact) mass is 198 g/mol. The first kappa shape index (κ1) is 11.1. The van der Waals surface area contributed by atoms with Gasteiger partial charge in [0.25, 0.3) is 0 Å². The molecule has 0 unspecified atom stereocenters. The van der Waals surface area contributed by atoms with Gasteiger partial charge in [-0.25, -0.2) is 4.79 Å². The van der Waals surface area contributed by atoms with E-state index in [2.05, 4.69) is 0 Å². The minimum Gasteiger partial charge on any atom is -0.502 e. The maximum atomic E-state index is 10.4. The summed E-state index contributed by atoms with van der Waals surface area (Å²) in [6.07, 6.45) is 9.59. The second kappa shape index (κ2) is 5.68. The number of carbonyl (C=O) groups is 1. The number of carboxylic acid groups (broad SMARTS) is 1. The highest BCUT2D eigenvalue weighted by molar-refractivity contribution is 5.83. The van der Waals surface area contributed by atoms with Crippen molar-refractivity contribution in [3.8, 4) is 0 Å². The summed E-state index contributed by atoms with van der Waals surface area (Å²) in [6, 6.07) is 0. The van der Waals surface area contributed by atoms with E-state index in [1.165, 1.54) is 25.3 Å². The van der Waals surface area contributed by atoms with Crippen molar-refractivity contribution < 1.29 is 15.0 Å². The van der Waals surface area contributed by atoms with E-state index < -0.39 is 11.7 Å². The Morgan fingerprint density at radius 1 is 1.00 bits per heavy atom. The van der Waals surface area contributed by atoms with Crippen molar-refractivity contribution in [1.82, 2.24) is 0 Å². The van der Waals surface area contributed by atoms with E-state index in [4.69, 9.17) is 10.2 Å². The summed E-state index contributed by atoms with van der Waals surface area (Å²) in [5, 5.41) is 17.6. The molecule has 80 valence electrons. The van der Waals surface area contributed by atoms with Crippen LogP contribution in [0.3, 0.4) is 0 Å². The SMILES string of the molecule is O=C(O)C(O)=CC1CCCCCCC1. The number of aliphatic carboxylic acids is 1. The lowest BCUT2D eigenvalue weighted by atomic mass is 9.91. The fourth-order valence-electron chi connectivity index (χ4n) is 1.95. The first-order valence-corrected chi connectivity index (χ1v) is 5.34. The van der Waals surface area contributed by atoms with Crippen LogP contribution in [0.2, 0.25) is 0 Å². The van der Waals surface area contributed by atoms with Crippen molar-refractivity contribution in [2.75, 3.05) is 0 Å². The third-order valence-electron chi connectivity index (χ3n) is 2.76. The van der Waals surface area contributed by atoms with Crippen molar-refractivity contribution >= 4 is 5.97 Å². The molecule has 0 atom stereocenters. The summed E-state index contributed by atoms with van der Waals surface area (Å²) in [5.41, 5.74) is 0. The fourth-order valence-corrected chi connectivity index (χ4v) is 1.95. The van der Waals surface area contributed by atoms with Gasteiger partial charge in [0, 0.05) is 0 Å². The molecule has 1 saturated carbocycles. The highest BCUT2D eigenvalue weighted by atomic mass is 16.4. The van der Waals surface area contributed by atoms with Crippen molar-refractivity contribution in [3.63, 3.8) is 0 Å². The van der Waals surface area contributed by atoms with Gasteiger partial charge in [-0.15, -0.1) is 0 Å². The molecule has 0 spiro atoms. The van der Waals surface area contributed by atoms with E-state index in [1.807, 2.05) is 0 Å². The van der Waals surface area contributed by atoms with E-state index in [0.29, 0.717) is 0 Å². The minimum atomic E-state index is -1.22. The third-order valence-corrected chi connectivity index (χ3v) is 2.76. The van der Waals surface area contributed by atoms with Crippen LogP contribution in [-0.4, -0.2) is 16.2 Å². The zero-order valence-electron chi connectivity index (χ0n) is 8.41. The van der Waals surface area contributed by atoms with Crippen molar-refractivity contribution in [2.45, 2.75) is 44.9 Å². The summed E-state index contributed by atoms with van der Waals surface area (Å²) in [7, 11) is 0. The summed E-state index contributed by atoms with van der Waals surface area (Å²) in [6.45, 7) is 0. The smallest absolute Gasteiger partial charge is 0.370 e. The zero-order chi connectivity index (χ0) is 10.4. The van der Waals surface area contributed by atoms with E-state index in [9.17, 15) is 4.79 Å². The lowest BCUT2D eigenvalue weighted by Crippen LogP contribution is -2.06. The molecule has 0 radical (unpaired) electrons. The average Bonchev–Trinajstić information content (AvgIpc) is 2.08. The van der Waals surface area contributed by atoms with Crippen LogP contribution in [0, 0.1) is 5.92 Å². The summed E-state index contributed by atoms with van der Waals surface area (Å²) in [4.78, 5) is 10.4. The number of hydrogen-bond donors (Lipinski definition) is 2. The normalized spacial score (nSPS) is 21.3. The van der Waals surface area contributed by atoms with Crippen LogP contribution >= 0.6 is 0 Å². The van der Waals surface area contributed by atoms with E-state index in [1.54, 1.807) is 0 Å². The maximum Gasteiger partial charge on any atom is 0.370 e. The number of carboxylic acids is 1. The topological polar surface area (TPSA) is 57.5 Å². The van der Waals surface area contributed by atoms with Crippen LogP contribution in [0.5, 0.6) is 0 Å². The zero-order valence-corrected chi connectivity index (χ0v) is 8.41. The van der Waals surface area contributed by atoms with Crippen LogP contribution in [0.4, 0.5) is 0 Å². The lowest BCUT2D eigenvalue weighted by molar-refractivity contribution is -0.135. The fraction of sp³-hybridized carbons (Fsp3) is 0.727. The number of hydrogen-bond acceptors (Lipinski definition) is 2. The molecule has 0 aromatic rings. The Labute approximate surface area is 84.4 Å². The van der Waals surface area contributed by atoms with Crippen molar-refractivity contribution in [1.29, 1.82) is 0 Å². The summed E-state index contributed by atoms with van der Waals surface area (Å²) >= 11 is 0. The van der Waals surface area contributed by atoms with Crippen LogP contribution in [0.25, 0.3) is 0 Å². The molecule has 1 rings (SSSR count). The molecule has 1 aliphatic rings. The molecule has 2 N–H and O–H groups in total. The third kappa shape index (κ3) is 3.81. The Morgan fingerprint density at radius 2 is 1.50 bits per heavy atom. The van der Waals surface area contributed by atoms with Crippen molar-refractivity contribution in [3.05, 3.63) is 11.8 Å². The molecule has 0 bridgehead atoms. The minimum absolute atomic E-state index is 0.256. The summed E-state index contributed by atoms with van der Waals surface area (Å²) in [5.74, 6) is -1.45. The Hall–Kier alpha value is -0.990.